The van der Waals surface area contributed by atoms with Crippen molar-refractivity contribution in [3.05, 3.63) is 35.7 Å². The van der Waals surface area contributed by atoms with Gasteiger partial charge < -0.3 is 30.1 Å². The summed E-state index contributed by atoms with van der Waals surface area (Å²) in [7, 11) is -1.41. The summed E-state index contributed by atoms with van der Waals surface area (Å²) in [4.78, 5) is 12.1. The minimum atomic E-state index is -1.41. The van der Waals surface area contributed by atoms with E-state index in [4.69, 9.17) is 23.7 Å². The van der Waals surface area contributed by atoms with Crippen LogP contribution >= 0.6 is 0 Å². The summed E-state index contributed by atoms with van der Waals surface area (Å²) in [5.74, 6) is 2.21. The van der Waals surface area contributed by atoms with Gasteiger partial charge in [-0.25, -0.2) is 4.98 Å². The molecule has 1 spiro atoms. The van der Waals surface area contributed by atoms with E-state index in [-0.39, 0.29) is 48.4 Å². The second-order valence-electron chi connectivity index (χ2n) is 8.79. The predicted octanol–water partition coefficient (Wildman–Crippen LogP) is -0.00628. The predicted molar refractivity (Wildman–Crippen MR) is 120 cm³/mol. The number of nitrogens with one attached hydrogen (secondary N) is 1. The number of aromatic nitrogens is 3. The van der Waals surface area contributed by atoms with Crippen molar-refractivity contribution in [2.45, 2.75) is 37.0 Å². The monoisotopic (exact) mass is 495 g/mol. The average Bonchev–Trinajstić information content (AvgIpc) is 3.45. The number of pyridine rings is 1. The molecule has 6 rings (SSSR count). The number of aromatic amines is 1. The van der Waals surface area contributed by atoms with E-state index in [2.05, 4.69) is 15.0 Å². The maximum atomic E-state index is 13.1. The van der Waals surface area contributed by atoms with Crippen LogP contribution in [0.2, 0.25) is 0 Å². The molecule has 1 unspecified atom stereocenters. The SMILES string of the molecule is Cc1c(OCC2OCC3(CC3)CO2)ccnc1CS(=O)c1nc2cc3c(cc2[nH]1)OCCO3.[H-].[Na+]. The molecule has 3 aromatic rings. The fourth-order valence-electron chi connectivity index (χ4n) is 4.03. The van der Waals surface area contributed by atoms with E-state index in [1.165, 1.54) is 12.8 Å². The molecule has 4 heterocycles. The van der Waals surface area contributed by atoms with Crippen molar-refractivity contribution in [1.29, 1.82) is 0 Å². The van der Waals surface area contributed by atoms with Gasteiger partial charge in [0.15, 0.2) is 22.9 Å². The van der Waals surface area contributed by atoms with Crippen LogP contribution in [0.25, 0.3) is 11.0 Å². The van der Waals surface area contributed by atoms with E-state index in [1.54, 1.807) is 18.3 Å². The van der Waals surface area contributed by atoms with Crippen molar-refractivity contribution < 1.29 is 58.9 Å². The molecule has 1 saturated heterocycles. The molecule has 0 amide bonds. The van der Waals surface area contributed by atoms with Gasteiger partial charge in [-0.2, -0.15) is 0 Å². The van der Waals surface area contributed by atoms with Crippen molar-refractivity contribution in [1.82, 2.24) is 15.0 Å². The summed E-state index contributed by atoms with van der Waals surface area (Å²) in [5.41, 5.74) is 3.24. The summed E-state index contributed by atoms with van der Waals surface area (Å²) >= 11 is 0. The Labute approximate surface area is 223 Å². The standard InChI is InChI=1S/C23H25N3O6S.Na.H/c1-14-17(24-5-2-18(14)30-10-21-31-12-23(3-4-23)13-32-21)11-33(27)22-25-15-8-19-20(9-16(15)26-22)29-7-6-28-19;;/h2,5,8-9,21H,3-4,6-7,10-13H2,1H3,(H,25,26);;/q;+1;-1. The van der Waals surface area contributed by atoms with E-state index in [9.17, 15) is 4.21 Å². The van der Waals surface area contributed by atoms with Gasteiger partial charge in [0.2, 0.25) is 0 Å². The molecule has 176 valence electrons. The topological polar surface area (TPSA) is 105 Å². The molecule has 9 nitrogen and oxygen atoms in total. The number of benzene rings is 1. The summed E-state index contributed by atoms with van der Waals surface area (Å²) in [6.45, 7) is 4.71. The van der Waals surface area contributed by atoms with Crippen LogP contribution in [0.15, 0.2) is 29.6 Å². The molecule has 2 fully saturated rings. The molecule has 2 aliphatic heterocycles. The van der Waals surface area contributed by atoms with Crippen LogP contribution in [0.4, 0.5) is 0 Å². The van der Waals surface area contributed by atoms with Gasteiger partial charge in [-0.05, 0) is 25.8 Å². The van der Waals surface area contributed by atoms with Gasteiger partial charge in [-0.15, -0.1) is 0 Å². The fourth-order valence-corrected chi connectivity index (χ4v) is 5.13. The molecule has 1 aromatic carbocycles. The van der Waals surface area contributed by atoms with Crippen LogP contribution in [0.5, 0.6) is 17.2 Å². The van der Waals surface area contributed by atoms with Crippen molar-refractivity contribution in [3.8, 4) is 17.2 Å². The zero-order valence-electron chi connectivity index (χ0n) is 20.3. The molecule has 0 radical (unpaired) electrons. The Balaban J connectivity index is 0.00000144. The summed E-state index contributed by atoms with van der Waals surface area (Å²) in [6.07, 6.45) is 3.66. The molecule has 3 aliphatic rings. The molecular formula is C23H26N3NaO6S. The maximum absolute atomic E-state index is 13.1. The van der Waals surface area contributed by atoms with E-state index in [1.807, 2.05) is 13.0 Å². The van der Waals surface area contributed by atoms with Crippen LogP contribution < -0.4 is 43.8 Å². The molecule has 1 saturated carbocycles. The molecule has 1 aliphatic carbocycles. The Morgan fingerprint density at radius 1 is 1.21 bits per heavy atom. The minimum Gasteiger partial charge on any atom is -1.00 e. The van der Waals surface area contributed by atoms with E-state index < -0.39 is 10.8 Å². The number of rotatable bonds is 6. The van der Waals surface area contributed by atoms with Crippen LogP contribution in [0.1, 0.15) is 25.5 Å². The third-order valence-electron chi connectivity index (χ3n) is 6.35. The first-order valence-electron chi connectivity index (χ1n) is 11.1. The van der Waals surface area contributed by atoms with Crippen LogP contribution in [0, 0.1) is 12.3 Å². The van der Waals surface area contributed by atoms with Crippen molar-refractivity contribution in [3.63, 3.8) is 0 Å². The number of imidazole rings is 1. The van der Waals surface area contributed by atoms with Gasteiger partial charge in [-0.1, -0.05) is 0 Å². The Kier molecular flexibility index (Phi) is 6.89. The van der Waals surface area contributed by atoms with Crippen LogP contribution in [0.3, 0.4) is 0 Å². The third kappa shape index (κ3) is 4.84. The Morgan fingerprint density at radius 3 is 2.68 bits per heavy atom. The second kappa shape index (κ2) is 9.75. The van der Waals surface area contributed by atoms with Crippen molar-refractivity contribution in [2.24, 2.45) is 5.41 Å². The number of H-pyrrole nitrogens is 1. The fraction of sp³-hybridized carbons (Fsp3) is 0.478. The molecule has 11 heteroatoms. The summed E-state index contributed by atoms with van der Waals surface area (Å²) < 4.78 is 41.8. The number of hydrogen-bond acceptors (Lipinski definition) is 8. The normalized spacial score (nSPS) is 19.6. The zero-order chi connectivity index (χ0) is 22.4. The number of hydrogen-bond donors (Lipinski definition) is 1. The summed E-state index contributed by atoms with van der Waals surface area (Å²) in [6, 6.07) is 5.44. The van der Waals surface area contributed by atoms with Gasteiger partial charge >= 0.3 is 29.6 Å². The van der Waals surface area contributed by atoms with Gasteiger partial charge in [0.05, 0.1) is 46.5 Å². The Morgan fingerprint density at radius 2 is 1.94 bits per heavy atom. The Bertz CT molecular complexity index is 1180. The maximum Gasteiger partial charge on any atom is 1.00 e. The summed E-state index contributed by atoms with van der Waals surface area (Å²) in [5, 5.41) is 0.387. The minimum absolute atomic E-state index is 0. The smallest absolute Gasteiger partial charge is 1.00 e. The number of ether oxygens (including phenoxy) is 5. The third-order valence-corrected chi connectivity index (χ3v) is 7.51. The largest absolute Gasteiger partial charge is 1.00 e. The Hall–Kier alpha value is -1.69. The first-order valence-corrected chi connectivity index (χ1v) is 12.4. The van der Waals surface area contributed by atoms with Crippen molar-refractivity contribution in [2.75, 3.05) is 33.0 Å². The molecule has 0 bridgehead atoms. The van der Waals surface area contributed by atoms with Crippen molar-refractivity contribution >= 4 is 21.8 Å². The van der Waals surface area contributed by atoms with E-state index in [0.717, 1.165) is 24.3 Å². The average molecular weight is 496 g/mol. The van der Waals surface area contributed by atoms with Gasteiger partial charge in [0, 0.05) is 29.3 Å². The van der Waals surface area contributed by atoms with Gasteiger partial charge in [0.25, 0.3) is 0 Å². The molecule has 1 atom stereocenters. The first-order chi connectivity index (χ1) is 16.1. The molecule has 1 N–H and O–H groups in total. The first kappa shape index (κ1) is 24.0. The van der Waals surface area contributed by atoms with Crippen LogP contribution in [-0.2, 0) is 26.0 Å². The van der Waals surface area contributed by atoms with Gasteiger partial charge in [-0.3, -0.25) is 9.19 Å². The number of nitrogens with zero attached hydrogens (tertiary/aromatic N) is 2. The quantitative estimate of drug-likeness (QED) is 0.477. The van der Waals surface area contributed by atoms with E-state index in [0.29, 0.717) is 53.4 Å². The number of fused-ring (bicyclic) bond motifs is 2. The van der Waals surface area contributed by atoms with E-state index >= 15 is 0 Å². The molecule has 2 aromatic heterocycles. The van der Waals surface area contributed by atoms with Crippen LogP contribution in [-0.4, -0.2) is 58.5 Å². The van der Waals surface area contributed by atoms with Gasteiger partial charge in [0.1, 0.15) is 25.6 Å². The molecular weight excluding hydrogens is 469 g/mol. The zero-order valence-corrected chi connectivity index (χ0v) is 22.1. The molecule has 34 heavy (non-hydrogen) atoms. The second-order valence-corrected chi connectivity index (χ2v) is 10.2.